The number of carboxylic acids is 2. The fourth-order valence-corrected chi connectivity index (χ4v) is 16.7. The highest BCUT2D eigenvalue weighted by atomic mass is 28.4. The molecule has 3 amide bonds. The third kappa shape index (κ3) is 12.4. The molecule has 4 heterocycles. The maximum absolute atomic E-state index is 13.5. The average Bonchev–Trinajstić information content (AvgIpc) is 4.37. The van der Waals surface area contributed by atoms with Crippen LogP contribution in [0, 0.1) is 5.82 Å². The number of aromatic hydroxyl groups is 1. The van der Waals surface area contributed by atoms with Gasteiger partial charge in [0.25, 0.3) is 20.1 Å². The van der Waals surface area contributed by atoms with Crippen molar-refractivity contribution in [1.29, 1.82) is 0 Å². The minimum atomic E-state index is -2.43. The van der Waals surface area contributed by atoms with Crippen molar-refractivity contribution >= 4 is 65.8 Å². The summed E-state index contributed by atoms with van der Waals surface area (Å²) < 4.78 is 25.1. The summed E-state index contributed by atoms with van der Waals surface area (Å²) in [5.74, 6) is -3.24. The van der Waals surface area contributed by atoms with Crippen LogP contribution in [0.25, 0.3) is 21.8 Å². The smallest absolute Gasteiger partial charge is 0.329 e. The molecular weight excluding hydrogens is 1060 g/mol. The van der Waals surface area contributed by atoms with Gasteiger partial charge in [0.05, 0.1) is 30.6 Å². The lowest BCUT2D eigenvalue weighted by molar-refractivity contribution is -0.146. The van der Waals surface area contributed by atoms with Crippen LogP contribution in [-0.2, 0) is 62.7 Å². The van der Waals surface area contributed by atoms with Gasteiger partial charge < -0.3 is 45.3 Å². The number of nitrogens with zero attached hydrogens (tertiary/aromatic N) is 4. The standard InChI is InChI=1S/C30H38N2O4Si.C25H22FN3O5.C6H11NO2.FH/c1-18(2)37(19(3)4,20(5)6)36-29-27-25(17-32(7)30(27)35)23(15-26(33)34)24-14-22(16-31-28(24)29)13-21-11-9-8-10-12-21;1-29-12-18-16(10-19(30)28-25(6-7-25)24(33)34)17-9-14(8-13-2-4-15(26)5-3-13)11-27-21(17)22(31)20(18)23(29)32;1-2-9-5(8)6(7)3-4-6;/h8-12,14,16,18-20H,13,15,17H2,1-7H3,(H,33,34);2-5,9,11,31H,6-8,10,12H2,1H3,(H,28,30)(H,33,34);2-4,7H2,1H3;1H. The molecule has 10 rings (SSSR count). The van der Waals surface area contributed by atoms with Crippen LogP contribution in [0.5, 0.6) is 11.5 Å². The second-order valence-electron chi connectivity index (χ2n) is 22.6. The monoisotopic (exact) mass is 1130 g/mol. The molecule has 0 saturated heterocycles. The zero-order valence-electron chi connectivity index (χ0n) is 47.3. The summed E-state index contributed by atoms with van der Waals surface area (Å²) in [6, 6.07) is 20.1. The van der Waals surface area contributed by atoms with E-state index in [4.69, 9.17) is 19.9 Å². The number of carbonyl (C=O) groups excluding carboxylic acids is 4. The summed E-state index contributed by atoms with van der Waals surface area (Å²) in [6.45, 7) is 16.1. The number of fused-ring (bicyclic) bond motifs is 4. The molecule has 0 radical (unpaired) electrons. The Morgan fingerprint density at radius 2 is 1.22 bits per heavy atom. The van der Waals surface area contributed by atoms with Crippen molar-refractivity contribution in [2.24, 2.45) is 5.73 Å². The molecule has 0 spiro atoms. The fourth-order valence-electron chi connectivity index (χ4n) is 11.4. The van der Waals surface area contributed by atoms with Gasteiger partial charge in [-0.2, -0.15) is 0 Å². The van der Waals surface area contributed by atoms with Crippen LogP contribution >= 0.6 is 0 Å². The minimum absolute atomic E-state index is 0. The van der Waals surface area contributed by atoms with Gasteiger partial charge in [-0.1, -0.05) is 84.0 Å². The van der Waals surface area contributed by atoms with Crippen molar-refractivity contribution in [1.82, 2.24) is 25.1 Å². The first-order valence-electron chi connectivity index (χ1n) is 27.2. The number of benzene rings is 4. The van der Waals surface area contributed by atoms with Gasteiger partial charge in [0.2, 0.25) is 5.91 Å². The van der Waals surface area contributed by atoms with Gasteiger partial charge in [-0.15, -0.1) is 0 Å². The molecule has 430 valence electrons. The number of nitrogens with two attached hydrogens (primary N) is 1. The Balaban J connectivity index is 0.000000200. The number of esters is 1. The van der Waals surface area contributed by atoms with E-state index in [1.807, 2.05) is 30.5 Å². The van der Waals surface area contributed by atoms with Crippen LogP contribution in [0.4, 0.5) is 9.09 Å². The van der Waals surface area contributed by atoms with Crippen molar-refractivity contribution in [2.75, 3.05) is 20.7 Å². The predicted molar refractivity (Wildman–Crippen MR) is 305 cm³/mol. The van der Waals surface area contributed by atoms with Crippen molar-refractivity contribution in [3.8, 4) is 11.5 Å². The number of halogens is 2. The van der Waals surface area contributed by atoms with Crippen molar-refractivity contribution in [3.05, 3.63) is 141 Å². The van der Waals surface area contributed by atoms with Gasteiger partial charge in [0.15, 0.2) is 5.75 Å². The van der Waals surface area contributed by atoms with E-state index in [1.165, 1.54) is 17.0 Å². The van der Waals surface area contributed by atoms with Gasteiger partial charge in [0, 0.05) is 50.4 Å². The molecule has 20 heteroatoms. The number of rotatable bonds is 17. The Bertz CT molecular complexity index is 3400. The number of aromatic nitrogens is 2. The average molecular weight is 1130 g/mol. The van der Waals surface area contributed by atoms with Crippen LogP contribution in [-0.4, -0.2) is 111 Å². The summed E-state index contributed by atoms with van der Waals surface area (Å²) in [5.41, 5.74) is 12.3. The van der Waals surface area contributed by atoms with Gasteiger partial charge in [0.1, 0.15) is 33.7 Å². The SMILES string of the molecule is CC(C)[Si](Oc1c2c(c(CC(=O)O)c3cc(Cc4ccccc4)cnc13)CN(C)C2=O)(C(C)C)C(C)C.CCOC(=O)C1(N)CC1.CN1Cc2c(c(O)c3ncc(Cc4ccc(F)cc4)cc3c2CC(=O)NC2(C(=O)O)CC2)C1=O.F. The van der Waals surface area contributed by atoms with Crippen molar-refractivity contribution in [3.63, 3.8) is 0 Å². The van der Waals surface area contributed by atoms with Gasteiger partial charge in [-0.3, -0.25) is 38.6 Å². The lowest BCUT2D eigenvalue weighted by atomic mass is 9.92. The maximum atomic E-state index is 13.5. The van der Waals surface area contributed by atoms with Gasteiger partial charge >= 0.3 is 17.9 Å². The van der Waals surface area contributed by atoms with E-state index >= 15 is 0 Å². The number of pyridine rings is 2. The molecule has 2 saturated carbocycles. The lowest BCUT2D eigenvalue weighted by Crippen LogP contribution is -2.51. The number of hydrogen-bond acceptors (Lipinski definition) is 12. The highest BCUT2D eigenvalue weighted by Gasteiger charge is 2.52. The van der Waals surface area contributed by atoms with E-state index < -0.39 is 37.2 Å². The van der Waals surface area contributed by atoms with Gasteiger partial charge in [-0.05, 0) is 131 Å². The van der Waals surface area contributed by atoms with E-state index in [1.54, 1.807) is 50.3 Å². The van der Waals surface area contributed by atoms with Crippen LogP contribution < -0.4 is 15.5 Å². The number of phenols is 1. The number of carboxylic acid groups (broad SMARTS) is 2. The lowest BCUT2D eigenvalue weighted by Gasteiger charge is -2.42. The second kappa shape index (κ2) is 24.1. The summed E-state index contributed by atoms with van der Waals surface area (Å²) in [4.78, 5) is 85.7. The Labute approximate surface area is 470 Å². The number of phenolic OH excluding ortho intramolecular Hbond substituents is 1. The quantitative estimate of drug-likeness (QED) is 0.0422. The summed E-state index contributed by atoms with van der Waals surface area (Å²) >= 11 is 0. The predicted octanol–water partition coefficient (Wildman–Crippen LogP) is 9.32. The first-order valence-corrected chi connectivity index (χ1v) is 29.3. The molecule has 0 unspecified atom stereocenters. The van der Waals surface area contributed by atoms with Crippen LogP contribution in [0.15, 0.2) is 79.1 Å². The van der Waals surface area contributed by atoms with Crippen LogP contribution in [0.2, 0.25) is 16.6 Å². The van der Waals surface area contributed by atoms with E-state index in [9.17, 15) is 48.5 Å². The topological polar surface area (TPSA) is 252 Å². The number of nitrogens with one attached hydrogen (secondary N) is 1. The fraction of sp³-hybridized carbons (Fsp3) is 0.410. The maximum Gasteiger partial charge on any atom is 0.329 e. The van der Waals surface area contributed by atoms with Gasteiger partial charge in [-0.25, -0.2) is 9.18 Å². The Morgan fingerprint density at radius 3 is 1.72 bits per heavy atom. The molecule has 17 nitrogen and oxygen atoms in total. The highest BCUT2D eigenvalue weighted by Crippen LogP contribution is 2.48. The molecule has 2 aliphatic heterocycles. The molecule has 6 aromatic rings. The largest absolute Gasteiger partial charge is 0.541 e. The first-order chi connectivity index (χ1) is 37.8. The summed E-state index contributed by atoms with van der Waals surface area (Å²) in [5, 5.41) is 34.0. The van der Waals surface area contributed by atoms with E-state index in [2.05, 4.69) is 64.0 Å². The zero-order chi connectivity index (χ0) is 58.2. The zero-order valence-corrected chi connectivity index (χ0v) is 48.3. The third-order valence-corrected chi connectivity index (χ3v) is 21.9. The van der Waals surface area contributed by atoms with Crippen molar-refractivity contribution < 1.29 is 62.3 Å². The highest BCUT2D eigenvalue weighted by molar-refractivity contribution is 6.78. The second-order valence-corrected chi connectivity index (χ2v) is 28.0. The normalized spacial score (nSPS) is 15.3. The summed E-state index contributed by atoms with van der Waals surface area (Å²) in [6.07, 6.45) is 6.53. The molecular formula is C61H72F2N6O11Si. The Kier molecular flexibility index (Phi) is 18.1. The molecule has 2 aromatic heterocycles. The number of amides is 3. The minimum Gasteiger partial charge on any atom is -0.541 e. The van der Waals surface area contributed by atoms with E-state index in [-0.39, 0.29) is 64.5 Å². The van der Waals surface area contributed by atoms with E-state index in [0.717, 1.165) is 46.0 Å². The number of ether oxygens (including phenoxy) is 1. The first kappa shape index (κ1) is 60.8. The third-order valence-electron chi connectivity index (χ3n) is 15.9. The molecule has 0 bridgehead atoms. The molecule has 4 aliphatic rings. The Hall–Kier alpha value is -7.84. The van der Waals surface area contributed by atoms with Crippen LogP contribution in [0.3, 0.4) is 0 Å². The number of carbonyl (C=O) groups is 6. The molecule has 4 aromatic carbocycles. The molecule has 2 aliphatic carbocycles. The molecule has 6 N–H and O–H groups in total. The van der Waals surface area contributed by atoms with Crippen molar-refractivity contribution in [2.45, 2.75) is 141 Å². The number of aliphatic carboxylic acids is 2. The van der Waals surface area contributed by atoms with Crippen LogP contribution in [0.1, 0.15) is 139 Å². The molecule has 81 heavy (non-hydrogen) atoms. The molecule has 2 fully saturated rings. The van der Waals surface area contributed by atoms with E-state index in [0.29, 0.717) is 94.4 Å². The number of hydrogen-bond donors (Lipinski definition) is 5. The molecule has 0 atom stereocenters. The summed E-state index contributed by atoms with van der Waals surface area (Å²) in [7, 11) is 0.931. The Morgan fingerprint density at radius 1 is 0.728 bits per heavy atom.